The van der Waals surface area contributed by atoms with Crippen molar-refractivity contribution in [2.24, 2.45) is 0 Å². The average molecular weight is 257 g/mol. The van der Waals surface area contributed by atoms with E-state index in [2.05, 4.69) is 29.2 Å². The first kappa shape index (κ1) is 11.4. The molecule has 0 amide bonds. The maximum absolute atomic E-state index is 2.51. The standard InChI is InChI=1S/C10H15.2CH3.Zr/c1-3-4-7-10-8-5-6-9(10)2;;;/h6H,3-5,7H2,1-2H3;2*1H3;. The Morgan fingerprint density at radius 2 is 2.08 bits per heavy atom. The predicted molar refractivity (Wildman–Crippen MR) is 56.7 cm³/mol. The zero-order chi connectivity index (χ0) is 9.84. The molecule has 0 fully saturated rings. The fourth-order valence-corrected chi connectivity index (χ4v) is 5.48. The quantitative estimate of drug-likeness (QED) is 0.695. The van der Waals surface area contributed by atoms with Crippen molar-refractivity contribution in [1.82, 2.24) is 0 Å². The summed E-state index contributed by atoms with van der Waals surface area (Å²) in [5.41, 5.74) is 3.34. The first-order valence-corrected chi connectivity index (χ1v) is 11.5. The summed E-state index contributed by atoms with van der Waals surface area (Å²) in [6.07, 6.45) is 7.79. The summed E-state index contributed by atoms with van der Waals surface area (Å²) in [5.74, 6) is 0. The van der Waals surface area contributed by atoms with Crippen LogP contribution >= 0.6 is 0 Å². The molecule has 1 aliphatic rings. The summed E-state index contributed by atoms with van der Waals surface area (Å²) < 4.78 is 6.90. The molecule has 1 rings (SSSR count). The third-order valence-electron chi connectivity index (χ3n) is 2.84. The minimum absolute atomic E-state index is 1.06. The van der Waals surface area contributed by atoms with Crippen LogP contribution in [0, 0.1) is 0 Å². The van der Waals surface area contributed by atoms with Gasteiger partial charge in [0.2, 0.25) is 0 Å². The van der Waals surface area contributed by atoms with Crippen molar-refractivity contribution in [3.05, 3.63) is 20.5 Å². The first-order valence-electron chi connectivity index (χ1n) is 5.36. The van der Waals surface area contributed by atoms with Crippen molar-refractivity contribution < 1.29 is 21.8 Å². The van der Waals surface area contributed by atoms with Crippen molar-refractivity contribution in [3.8, 4) is 0 Å². The fourth-order valence-electron chi connectivity index (χ4n) is 1.95. The molecule has 0 nitrogen and oxygen atoms in total. The SMILES string of the molecule is CCCCC1=[C]([Zr]([CH3])[CH3])CC=C1C. The van der Waals surface area contributed by atoms with Crippen molar-refractivity contribution in [3.63, 3.8) is 0 Å². The molecule has 1 aliphatic carbocycles. The maximum atomic E-state index is 2.51. The molecule has 0 aromatic carbocycles. The Hall–Kier alpha value is 0.363. The molecule has 0 saturated heterocycles. The van der Waals surface area contributed by atoms with E-state index in [1.165, 1.54) is 25.7 Å². The molecule has 0 N–H and O–H groups in total. The average Bonchev–Trinajstić information content (AvgIpc) is 2.43. The number of hydrogen-bond acceptors (Lipinski definition) is 0. The van der Waals surface area contributed by atoms with Gasteiger partial charge in [-0.2, -0.15) is 0 Å². The van der Waals surface area contributed by atoms with Gasteiger partial charge in [-0.05, 0) is 0 Å². The molecule has 0 heterocycles. The predicted octanol–water partition coefficient (Wildman–Crippen LogP) is 4.50. The van der Waals surface area contributed by atoms with Gasteiger partial charge in [-0.3, -0.25) is 0 Å². The summed E-state index contributed by atoms with van der Waals surface area (Å²) >= 11 is -1.06. The second-order valence-corrected chi connectivity index (χ2v) is 10.6. The molecule has 0 saturated carbocycles. The number of unbranched alkanes of at least 4 members (excludes halogenated alkanes) is 1. The van der Waals surface area contributed by atoms with Gasteiger partial charge < -0.3 is 0 Å². The van der Waals surface area contributed by atoms with Crippen LogP contribution in [0.4, 0.5) is 0 Å². The van der Waals surface area contributed by atoms with E-state index in [-0.39, 0.29) is 0 Å². The van der Waals surface area contributed by atoms with Crippen LogP contribution < -0.4 is 0 Å². The topological polar surface area (TPSA) is 0 Å². The molecular weight excluding hydrogens is 235 g/mol. The Balaban J connectivity index is 2.71. The van der Waals surface area contributed by atoms with Gasteiger partial charge in [0.1, 0.15) is 0 Å². The van der Waals surface area contributed by atoms with Gasteiger partial charge >= 0.3 is 91.0 Å². The number of rotatable bonds is 4. The number of allylic oxidation sites excluding steroid dienone is 4. The van der Waals surface area contributed by atoms with Crippen LogP contribution in [0.2, 0.25) is 9.26 Å². The Kier molecular flexibility index (Phi) is 4.66. The van der Waals surface area contributed by atoms with Crippen LogP contribution in [0.25, 0.3) is 0 Å². The molecule has 1 heteroatoms. The normalized spacial score (nSPS) is 16.5. The summed E-state index contributed by atoms with van der Waals surface area (Å²) in [6.45, 7) is 4.58. The zero-order valence-electron chi connectivity index (χ0n) is 9.41. The fraction of sp³-hybridized carbons (Fsp3) is 0.667. The van der Waals surface area contributed by atoms with Crippen LogP contribution in [0.1, 0.15) is 39.5 Å². The summed E-state index contributed by atoms with van der Waals surface area (Å²) in [4.78, 5) is 0. The Labute approximate surface area is 90.8 Å². The van der Waals surface area contributed by atoms with Gasteiger partial charge in [0.15, 0.2) is 0 Å². The first-order chi connectivity index (χ1) is 6.16. The van der Waals surface area contributed by atoms with E-state index >= 15 is 0 Å². The molecule has 0 aromatic rings. The van der Waals surface area contributed by atoms with E-state index in [4.69, 9.17) is 0 Å². The molecule has 0 spiro atoms. The van der Waals surface area contributed by atoms with Crippen LogP contribution in [-0.2, 0) is 21.8 Å². The molecule has 0 unspecified atom stereocenters. The molecular formula is C12H21Zr. The van der Waals surface area contributed by atoms with Gasteiger partial charge in [0.25, 0.3) is 0 Å². The Morgan fingerprint density at radius 3 is 2.62 bits per heavy atom. The molecule has 73 valence electrons. The Bertz CT molecular complexity index is 234. The van der Waals surface area contributed by atoms with Crippen molar-refractivity contribution >= 4 is 0 Å². The summed E-state index contributed by atoms with van der Waals surface area (Å²) in [7, 11) is 0. The van der Waals surface area contributed by atoms with Crippen molar-refractivity contribution in [2.45, 2.75) is 48.8 Å². The molecule has 0 aromatic heterocycles. The van der Waals surface area contributed by atoms with Crippen LogP contribution in [0.5, 0.6) is 0 Å². The molecule has 0 aliphatic heterocycles. The molecule has 13 heavy (non-hydrogen) atoms. The van der Waals surface area contributed by atoms with Crippen LogP contribution in [-0.4, -0.2) is 0 Å². The minimum atomic E-state index is -1.06. The van der Waals surface area contributed by atoms with E-state index in [1.807, 2.05) is 3.28 Å². The van der Waals surface area contributed by atoms with Gasteiger partial charge in [-0.25, -0.2) is 0 Å². The van der Waals surface area contributed by atoms with Crippen LogP contribution in [0.15, 0.2) is 20.5 Å². The van der Waals surface area contributed by atoms with Crippen molar-refractivity contribution in [1.29, 1.82) is 0 Å². The zero-order valence-corrected chi connectivity index (χ0v) is 11.9. The third kappa shape index (κ3) is 2.91. The summed E-state index contributed by atoms with van der Waals surface area (Å²) in [6, 6.07) is 0. The van der Waals surface area contributed by atoms with E-state index in [9.17, 15) is 0 Å². The monoisotopic (exact) mass is 255 g/mol. The molecule has 0 bridgehead atoms. The van der Waals surface area contributed by atoms with Gasteiger partial charge in [-0.15, -0.1) is 0 Å². The van der Waals surface area contributed by atoms with Gasteiger partial charge in [-0.1, -0.05) is 0 Å². The van der Waals surface area contributed by atoms with E-state index < -0.39 is 21.8 Å². The second kappa shape index (κ2) is 5.30. The van der Waals surface area contributed by atoms with Crippen molar-refractivity contribution in [2.75, 3.05) is 0 Å². The second-order valence-electron chi connectivity index (χ2n) is 4.15. The molecule has 0 radical (unpaired) electrons. The third-order valence-corrected chi connectivity index (χ3v) is 7.05. The Morgan fingerprint density at radius 1 is 1.38 bits per heavy atom. The van der Waals surface area contributed by atoms with Gasteiger partial charge in [0, 0.05) is 0 Å². The summed E-state index contributed by atoms with van der Waals surface area (Å²) in [5, 5.41) is 0. The molecule has 0 atom stereocenters. The van der Waals surface area contributed by atoms with E-state index in [0.717, 1.165) is 0 Å². The van der Waals surface area contributed by atoms with E-state index in [0.29, 0.717) is 0 Å². The van der Waals surface area contributed by atoms with Gasteiger partial charge in [0.05, 0.1) is 0 Å². The number of hydrogen-bond donors (Lipinski definition) is 0. The van der Waals surface area contributed by atoms with E-state index in [1.54, 1.807) is 11.1 Å². The van der Waals surface area contributed by atoms with Crippen LogP contribution in [0.3, 0.4) is 0 Å².